The van der Waals surface area contributed by atoms with Crippen LogP contribution in [0.25, 0.3) is 0 Å². The highest BCUT2D eigenvalue weighted by Crippen LogP contribution is 2.08. The summed E-state index contributed by atoms with van der Waals surface area (Å²) in [5.41, 5.74) is 0. The second-order valence-corrected chi connectivity index (χ2v) is 7.79. The maximum absolute atomic E-state index is 11.8. The Kier molecular flexibility index (Phi) is 5.94. The summed E-state index contributed by atoms with van der Waals surface area (Å²) in [5.74, 6) is -1.37. The first-order valence-electron chi connectivity index (χ1n) is 6.65. The third-order valence-electron chi connectivity index (χ3n) is 3.07. The van der Waals surface area contributed by atoms with Gasteiger partial charge in [-0.25, -0.2) is 13.2 Å². The van der Waals surface area contributed by atoms with Crippen molar-refractivity contribution in [1.29, 1.82) is 0 Å². The summed E-state index contributed by atoms with van der Waals surface area (Å²) < 4.78 is 22.9. The third kappa shape index (κ3) is 5.87. The lowest BCUT2D eigenvalue weighted by Gasteiger charge is -2.24. The van der Waals surface area contributed by atoms with Crippen LogP contribution in [0.3, 0.4) is 0 Å². The Hall–Kier alpha value is -1.15. The number of hydrogen-bond acceptors (Lipinski definition) is 5. The van der Waals surface area contributed by atoms with E-state index in [2.05, 4.69) is 10.6 Å². The maximum atomic E-state index is 11.8. The highest BCUT2D eigenvalue weighted by atomic mass is 32.2. The Morgan fingerprint density at radius 1 is 1.40 bits per heavy atom. The van der Waals surface area contributed by atoms with Gasteiger partial charge in [-0.3, -0.25) is 4.79 Å². The number of amides is 1. The molecule has 0 spiro atoms. The summed E-state index contributed by atoms with van der Waals surface area (Å²) in [6, 6.07) is -1.37. The van der Waals surface area contributed by atoms with E-state index in [9.17, 15) is 18.0 Å². The van der Waals surface area contributed by atoms with E-state index in [1.807, 2.05) is 13.8 Å². The number of aliphatic carboxylic acids is 1. The Morgan fingerprint density at radius 3 is 2.55 bits per heavy atom. The van der Waals surface area contributed by atoms with Gasteiger partial charge in [0.2, 0.25) is 5.91 Å². The molecule has 0 aromatic heterocycles. The predicted molar refractivity (Wildman–Crippen MR) is 74.1 cm³/mol. The molecule has 1 aliphatic rings. The van der Waals surface area contributed by atoms with Gasteiger partial charge in [0.25, 0.3) is 0 Å². The zero-order valence-corrected chi connectivity index (χ0v) is 12.6. The number of carbonyl (C=O) groups is 2. The van der Waals surface area contributed by atoms with E-state index in [-0.39, 0.29) is 23.8 Å². The number of nitrogens with one attached hydrogen (secondary N) is 2. The fourth-order valence-corrected chi connectivity index (χ4v) is 3.61. The molecule has 116 valence electrons. The Labute approximate surface area is 119 Å². The average Bonchev–Trinajstić information content (AvgIpc) is 2.25. The van der Waals surface area contributed by atoms with Crippen molar-refractivity contribution in [1.82, 2.24) is 10.6 Å². The van der Waals surface area contributed by atoms with Crippen LogP contribution in [0.15, 0.2) is 0 Å². The smallest absolute Gasteiger partial charge is 0.326 e. The fourth-order valence-electron chi connectivity index (χ4n) is 2.17. The van der Waals surface area contributed by atoms with Gasteiger partial charge in [0.1, 0.15) is 6.04 Å². The van der Waals surface area contributed by atoms with Crippen LogP contribution in [0, 0.1) is 5.92 Å². The van der Waals surface area contributed by atoms with Gasteiger partial charge >= 0.3 is 5.97 Å². The van der Waals surface area contributed by atoms with Crippen molar-refractivity contribution in [3.8, 4) is 0 Å². The van der Waals surface area contributed by atoms with E-state index in [0.29, 0.717) is 13.0 Å². The molecule has 8 heteroatoms. The first-order chi connectivity index (χ1) is 9.19. The molecular weight excluding hydrogens is 284 g/mol. The van der Waals surface area contributed by atoms with Gasteiger partial charge in [-0.15, -0.1) is 0 Å². The number of hydrogen-bond donors (Lipinski definition) is 3. The SMILES string of the molecule is CC(C)C[C@H](NC(=O)CC1CS(=O)(=O)CCN1)C(=O)O. The normalized spacial score (nSPS) is 23.2. The molecule has 1 amide bonds. The lowest BCUT2D eigenvalue weighted by Crippen LogP contribution is -2.49. The Morgan fingerprint density at radius 2 is 2.05 bits per heavy atom. The molecule has 1 aliphatic heterocycles. The van der Waals surface area contributed by atoms with Gasteiger partial charge < -0.3 is 15.7 Å². The Bertz CT molecular complexity index is 460. The van der Waals surface area contributed by atoms with E-state index in [0.717, 1.165) is 0 Å². The largest absolute Gasteiger partial charge is 0.480 e. The van der Waals surface area contributed by atoms with E-state index in [1.54, 1.807) is 0 Å². The molecule has 0 aliphatic carbocycles. The van der Waals surface area contributed by atoms with Crippen LogP contribution in [0.4, 0.5) is 0 Å². The molecule has 1 fully saturated rings. The second-order valence-electron chi connectivity index (χ2n) is 5.56. The molecule has 1 saturated heterocycles. The number of carboxylic acid groups (broad SMARTS) is 1. The van der Waals surface area contributed by atoms with E-state index < -0.39 is 33.8 Å². The van der Waals surface area contributed by atoms with Crippen LogP contribution in [0.2, 0.25) is 0 Å². The van der Waals surface area contributed by atoms with Gasteiger partial charge in [0, 0.05) is 19.0 Å². The quantitative estimate of drug-likeness (QED) is 0.603. The topological polar surface area (TPSA) is 113 Å². The highest BCUT2D eigenvalue weighted by molar-refractivity contribution is 7.91. The Balaban J connectivity index is 2.51. The third-order valence-corrected chi connectivity index (χ3v) is 4.81. The first kappa shape index (κ1) is 16.9. The van der Waals surface area contributed by atoms with Crippen molar-refractivity contribution < 1.29 is 23.1 Å². The molecule has 1 unspecified atom stereocenters. The molecule has 1 heterocycles. The average molecular weight is 306 g/mol. The summed E-state index contributed by atoms with van der Waals surface area (Å²) in [5, 5.41) is 14.4. The van der Waals surface area contributed by atoms with Crippen LogP contribution >= 0.6 is 0 Å². The molecule has 0 bridgehead atoms. The summed E-state index contributed by atoms with van der Waals surface area (Å²) in [7, 11) is -3.10. The molecule has 20 heavy (non-hydrogen) atoms. The van der Waals surface area contributed by atoms with Gasteiger partial charge in [0.05, 0.1) is 11.5 Å². The minimum absolute atomic E-state index is 0.0267. The van der Waals surface area contributed by atoms with E-state index in [1.165, 1.54) is 0 Å². The van der Waals surface area contributed by atoms with Gasteiger partial charge in [0.15, 0.2) is 9.84 Å². The minimum atomic E-state index is -3.10. The van der Waals surface area contributed by atoms with E-state index >= 15 is 0 Å². The minimum Gasteiger partial charge on any atom is -0.480 e. The van der Waals surface area contributed by atoms with Crippen molar-refractivity contribution in [2.45, 2.75) is 38.8 Å². The molecule has 0 aromatic rings. The summed E-state index contributed by atoms with van der Waals surface area (Å²) in [6.45, 7) is 4.07. The number of carboxylic acids is 1. The standard InChI is InChI=1S/C12H22N2O5S/c1-8(2)5-10(12(16)17)14-11(15)6-9-7-20(18,19)4-3-13-9/h8-10,13H,3-7H2,1-2H3,(H,14,15)(H,16,17)/t9?,10-/m0/s1. The van der Waals surface area contributed by atoms with Crippen LogP contribution < -0.4 is 10.6 Å². The monoisotopic (exact) mass is 306 g/mol. The lowest BCUT2D eigenvalue weighted by molar-refractivity contribution is -0.142. The number of carbonyl (C=O) groups excluding carboxylic acids is 1. The highest BCUT2D eigenvalue weighted by Gasteiger charge is 2.28. The predicted octanol–water partition coefficient (Wildman–Crippen LogP) is -0.621. The van der Waals surface area contributed by atoms with Crippen LogP contribution in [0.5, 0.6) is 0 Å². The van der Waals surface area contributed by atoms with Crippen molar-refractivity contribution in [3.63, 3.8) is 0 Å². The zero-order valence-electron chi connectivity index (χ0n) is 11.8. The summed E-state index contributed by atoms with van der Waals surface area (Å²) in [4.78, 5) is 22.8. The van der Waals surface area contributed by atoms with Crippen LogP contribution in [-0.4, -0.2) is 55.5 Å². The zero-order chi connectivity index (χ0) is 15.3. The molecule has 0 saturated carbocycles. The van der Waals surface area contributed by atoms with Crippen molar-refractivity contribution >= 4 is 21.7 Å². The summed E-state index contributed by atoms with van der Waals surface area (Å²) >= 11 is 0. The van der Waals surface area contributed by atoms with Gasteiger partial charge in [-0.2, -0.15) is 0 Å². The number of rotatable bonds is 6. The summed E-state index contributed by atoms with van der Waals surface area (Å²) in [6.07, 6.45) is 0.318. The fraction of sp³-hybridized carbons (Fsp3) is 0.833. The molecular formula is C12H22N2O5S. The number of sulfone groups is 1. The van der Waals surface area contributed by atoms with Crippen molar-refractivity contribution in [2.24, 2.45) is 5.92 Å². The van der Waals surface area contributed by atoms with Crippen molar-refractivity contribution in [3.05, 3.63) is 0 Å². The van der Waals surface area contributed by atoms with Gasteiger partial charge in [-0.1, -0.05) is 13.8 Å². The molecule has 1 rings (SSSR count). The maximum Gasteiger partial charge on any atom is 0.326 e. The molecule has 7 nitrogen and oxygen atoms in total. The molecule has 3 N–H and O–H groups in total. The molecule has 2 atom stereocenters. The molecule has 0 aromatic carbocycles. The van der Waals surface area contributed by atoms with E-state index in [4.69, 9.17) is 5.11 Å². The first-order valence-corrected chi connectivity index (χ1v) is 8.47. The van der Waals surface area contributed by atoms with Gasteiger partial charge in [-0.05, 0) is 12.3 Å². The van der Waals surface area contributed by atoms with Crippen LogP contribution in [-0.2, 0) is 19.4 Å². The van der Waals surface area contributed by atoms with Crippen LogP contribution in [0.1, 0.15) is 26.7 Å². The lowest BCUT2D eigenvalue weighted by atomic mass is 10.0. The molecule has 0 radical (unpaired) electrons. The second kappa shape index (κ2) is 7.03. The van der Waals surface area contributed by atoms with Crippen molar-refractivity contribution in [2.75, 3.05) is 18.1 Å².